The summed E-state index contributed by atoms with van der Waals surface area (Å²) in [5.74, 6) is 0. The fourth-order valence-corrected chi connectivity index (χ4v) is 1.48. The molecule has 0 aromatic carbocycles. The second-order valence-electron chi connectivity index (χ2n) is 3.34. The lowest BCUT2D eigenvalue weighted by Gasteiger charge is -2.30. The molecular weight excluding hydrogens is 184 g/mol. The SMILES string of the molecule is COCC(CN1CCCNC1=O)OC. The minimum absolute atomic E-state index is 0.00518. The van der Waals surface area contributed by atoms with Gasteiger partial charge in [0.1, 0.15) is 0 Å². The van der Waals surface area contributed by atoms with Crippen molar-refractivity contribution in [3.8, 4) is 0 Å². The van der Waals surface area contributed by atoms with E-state index in [1.807, 2.05) is 0 Å². The molecule has 1 aliphatic heterocycles. The summed E-state index contributed by atoms with van der Waals surface area (Å²) in [6.45, 7) is 2.68. The lowest BCUT2D eigenvalue weighted by atomic mass is 10.3. The smallest absolute Gasteiger partial charge is 0.317 e. The van der Waals surface area contributed by atoms with Crippen LogP contribution in [0.1, 0.15) is 6.42 Å². The molecule has 0 aromatic rings. The Labute approximate surface area is 84.4 Å². The van der Waals surface area contributed by atoms with E-state index in [2.05, 4.69) is 5.32 Å². The molecule has 1 aliphatic rings. The quantitative estimate of drug-likeness (QED) is 0.686. The summed E-state index contributed by atoms with van der Waals surface area (Å²) in [6.07, 6.45) is 0.957. The molecule has 1 rings (SSSR count). The van der Waals surface area contributed by atoms with Crippen molar-refractivity contribution >= 4 is 6.03 Å². The average molecular weight is 202 g/mol. The minimum atomic E-state index is -0.0381. The summed E-state index contributed by atoms with van der Waals surface area (Å²) in [4.78, 5) is 13.1. The van der Waals surface area contributed by atoms with E-state index in [1.54, 1.807) is 19.1 Å². The molecule has 1 heterocycles. The second kappa shape index (κ2) is 5.82. The van der Waals surface area contributed by atoms with Crippen molar-refractivity contribution < 1.29 is 14.3 Å². The highest BCUT2D eigenvalue weighted by Gasteiger charge is 2.20. The zero-order valence-corrected chi connectivity index (χ0v) is 8.78. The Morgan fingerprint density at radius 1 is 1.57 bits per heavy atom. The van der Waals surface area contributed by atoms with Crippen molar-refractivity contribution in [3.63, 3.8) is 0 Å². The molecule has 2 amide bonds. The Morgan fingerprint density at radius 3 is 2.93 bits per heavy atom. The number of urea groups is 1. The van der Waals surface area contributed by atoms with Crippen molar-refractivity contribution in [2.24, 2.45) is 0 Å². The van der Waals surface area contributed by atoms with E-state index in [0.717, 1.165) is 19.5 Å². The summed E-state index contributed by atoms with van der Waals surface area (Å²) in [6, 6.07) is -0.00518. The van der Waals surface area contributed by atoms with Gasteiger partial charge in [-0.25, -0.2) is 4.79 Å². The number of nitrogens with zero attached hydrogens (tertiary/aromatic N) is 1. The van der Waals surface area contributed by atoms with Crippen LogP contribution in [-0.2, 0) is 9.47 Å². The van der Waals surface area contributed by atoms with Crippen LogP contribution in [0.3, 0.4) is 0 Å². The van der Waals surface area contributed by atoms with Crippen LogP contribution in [0.4, 0.5) is 4.79 Å². The third kappa shape index (κ3) is 3.16. The van der Waals surface area contributed by atoms with Crippen LogP contribution in [-0.4, -0.2) is 57.5 Å². The van der Waals surface area contributed by atoms with Gasteiger partial charge in [0.2, 0.25) is 0 Å². The monoisotopic (exact) mass is 202 g/mol. The molecule has 1 N–H and O–H groups in total. The molecule has 82 valence electrons. The standard InChI is InChI=1S/C9H18N2O3/c1-13-7-8(14-2)6-11-5-3-4-10-9(11)12/h8H,3-7H2,1-2H3,(H,10,12). The highest BCUT2D eigenvalue weighted by molar-refractivity contribution is 5.74. The van der Waals surface area contributed by atoms with Gasteiger partial charge in [-0.15, -0.1) is 0 Å². The fraction of sp³-hybridized carbons (Fsp3) is 0.889. The number of hydrogen-bond donors (Lipinski definition) is 1. The first-order chi connectivity index (χ1) is 6.77. The van der Waals surface area contributed by atoms with Crippen molar-refractivity contribution in [1.82, 2.24) is 10.2 Å². The maximum atomic E-state index is 11.4. The molecule has 14 heavy (non-hydrogen) atoms. The predicted octanol–water partition coefficient (Wildman–Crippen LogP) is 0.0631. The molecule has 0 bridgehead atoms. The fourth-order valence-electron chi connectivity index (χ4n) is 1.48. The van der Waals surface area contributed by atoms with Crippen LogP contribution in [0.15, 0.2) is 0 Å². The van der Waals surface area contributed by atoms with Gasteiger partial charge in [-0.3, -0.25) is 0 Å². The van der Waals surface area contributed by atoms with Gasteiger partial charge < -0.3 is 19.7 Å². The van der Waals surface area contributed by atoms with Gasteiger partial charge in [0.15, 0.2) is 0 Å². The predicted molar refractivity (Wildman–Crippen MR) is 52.3 cm³/mol. The number of carbonyl (C=O) groups is 1. The van der Waals surface area contributed by atoms with Crippen LogP contribution in [0, 0.1) is 0 Å². The molecule has 1 atom stereocenters. The summed E-state index contributed by atoms with van der Waals surface area (Å²) >= 11 is 0. The number of carbonyl (C=O) groups excluding carboxylic acids is 1. The van der Waals surface area contributed by atoms with Crippen molar-refractivity contribution in [2.45, 2.75) is 12.5 Å². The first-order valence-corrected chi connectivity index (χ1v) is 4.82. The maximum absolute atomic E-state index is 11.4. The van der Waals surface area contributed by atoms with Gasteiger partial charge in [-0.05, 0) is 6.42 Å². The molecule has 1 unspecified atom stereocenters. The highest BCUT2D eigenvalue weighted by Crippen LogP contribution is 2.02. The van der Waals surface area contributed by atoms with E-state index in [1.165, 1.54) is 0 Å². The summed E-state index contributed by atoms with van der Waals surface area (Å²) in [5, 5.41) is 2.79. The number of rotatable bonds is 5. The van der Waals surface area contributed by atoms with E-state index >= 15 is 0 Å². The zero-order chi connectivity index (χ0) is 10.4. The Morgan fingerprint density at radius 2 is 2.36 bits per heavy atom. The van der Waals surface area contributed by atoms with Gasteiger partial charge in [-0.2, -0.15) is 0 Å². The van der Waals surface area contributed by atoms with Gasteiger partial charge in [0, 0.05) is 27.3 Å². The number of methoxy groups -OCH3 is 2. The first kappa shape index (κ1) is 11.3. The number of nitrogens with one attached hydrogen (secondary N) is 1. The highest BCUT2D eigenvalue weighted by atomic mass is 16.5. The van der Waals surface area contributed by atoms with Gasteiger partial charge in [-0.1, -0.05) is 0 Å². The third-order valence-corrected chi connectivity index (χ3v) is 2.28. The van der Waals surface area contributed by atoms with E-state index < -0.39 is 0 Å². The molecule has 0 spiro atoms. The number of hydrogen-bond acceptors (Lipinski definition) is 3. The Kier molecular flexibility index (Phi) is 4.69. The van der Waals surface area contributed by atoms with Gasteiger partial charge in [0.05, 0.1) is 19.3 Å². The van der Waals surface area contributed by atoms with E-state index in [-0.39, 0.29) is 12.1 Å². The summed E-state index contributed by atoms with van der Waals surface area (Å²) in [5.41, 5.74) is 0. The maximum Gasteiger partial charge on any atom is 0.317 e. The number of ether oxygens (including phenoxy) is 2. The van der Waals surface area contributed by atoms with Crippen molar-refractivity contribution in [1.29, 1.82) is 0 Å². The molecule has 1 fully saturated rings. The van der Waals surface area contributed by atoms with E-state index in [4.69, 9.17) is 9.47 Å². The molecule has 1 saturated heterocycles. The lowest BCUT2D eigenvalue weighted by Crippen LogP contribution is -2.49. The zero-order valence-electron chi connectivity index (χ0n) is 8.78. The van der Waals surface area contributed by atoms with E-state index in [0.29, 0.717) is 13.2 Å². The summed E-state index contributed by atoms with van der Waals surface area (Å²) in [7, 11) is 3.26. The minimum Gasteiger partial charge on any atom is -0.382 e. The first-order valence-electron chi connectivity index (χ1n) is 4.82. The largest absolute Gasteiger partial charge is 0.382 e. The average Bonchev–Trinajstić information content (AvgIpc) is 2.20. The molecular formula is C9H18N2O3. The van der Waals surface area contributed by atoms with Crippen LogP contribution >= 0.6 is 0 Å². The molecule has 0 radical (unpaired) electrons. The Hall–Kier alpha value is -0.810. The molecule has 0 aliphatic carbocycles. The topological polar surface area (TPSA) is 50.8 Å². The van der Waals surface area contributed by atoms with Gasteiger partial charge in [0.25, 0.3) is 0 Å². The molecule has 0 aromatic heterocycles. The van der Waals surface area contributed by atoms with Gasteiger partial charge >= 0.3 is 6.03 Å². The van der Waals surface area contributed by atoms with Crippen LogP contribution in [0.2, 0.25) is 0 Å². The molecule has 5 heteroatoms. The second-order valence-corrected chi connectivity index (χ2v) is 3.34. The van der Waals surface area contributed by atoms with E-state index in [9.17, 15) is 4.79 Å². The van der Waals surface area contributed by atoms with Crippen LogP contribution < -0.4 is 5.32 Å². The normalized spacial score (nSPS) is 19.3. The third-order valence-electron chi connectivity index (χ3n) is 2.28. The number of amides is 2. The molecule has 0 saturated carbocycles. The van der Waals surface area contributed by atoms with Crippen LogP contribution in [0.25, 0.3) is 0 Å². The van der Waals surface area contributed by atoms with Crippen LogP contribution in [0.5, 0.6) is 0 Å². The molecule has 5 nitrogen and oxygen atoms in total. The summed E-state index contributed by atoms with van der Waals surface area (Å²) < 4.78 is 10.2. The Bertz CT molecular complexity index is 187. The Balaban J connectivity index is 2.35. The lowest BCUT2D eigenvalue weighted by molar-refractivity contribution is 0.0110. The van der Waals surface area contributed by atoms with Crippen molar-refractivity contribution in [2.75, 3.05) is 40.5 Å². The van der Waals surface area contributed by atoms with Crippen molar-refractivity contribution in [3.05, 3.63) is 0 Å².